The van der Waals surface area contributed by atoms with E-state index in [-0.39, 0.29) is 11.5 Å². The van der Waals surface area contributed by atoms with Gasteiger partial charge in [0.15, 0.2) is 6.29 Å². The molecule has 3 nitrogen and oxygen atoms in total. The molecule has 0 bridgehead atoms. The maximum atomic E-state index is 12.6. The lowest BCUT2D eigenvalue weighted by atomic mass is 10.2. The van der Waals surface area contributed by atoms with E-state index in [2.05, 4.69) is 31.9 Å². The zero-order valence-electron chi connectivity index (χ0n) is 13.1. The van der Waals surface area contributed by atoms with Gasteiger partial charge in [-0.2, -0.15) is 0 Å². The Morgan fingerprint density at radius 3 is 2.48 bits per heavy atom. The highest BCUT2D eigenvalue weighted by molar-refractivity contribution is 9.10. The Balaban J connectivity index is 0.000000196. The van der Waals surface area contributed by atoms with Crippen molar-refractivity contribution in [1.82, 2.24) is 0 Å². The fourth-order valence-corrected chi connectivity index (χ4v) is 3.75. The second-order valence-electron chi connectivity index (χ2n) is 4.80. The van der Waals surface area contributed by atoms with Gasteiger partial charge in [0.1, 0.15) is 10.7 Å². The first kappa shape index (κ1) is 19.8. The molecule has 0 amide bonds. The van der Waals surface area contributed by atoms with Gasteiger partial charge in [-0.15, -0.1) is 11.3 Å². The zero-order chi connectivity index (χ0) is 18.4. The van der Waals surface area contributed by atoms with Crippen LogP contribution in [0.3, 0.4) is 0 Å². The third-order valence-electron chi connectivity index (χ3n) is 3.05. The van der Waals surface area contributed by atoms with Gasteiger partial charge in [0, 0.05) is 13.6 Å². The molecule has 0 spiro atoms. The Hall–Kier alpha value is -1.57. The van der Waals surface area contributed by atoms with Gasteiger partial charge >= 0.3 is 5.97 Å². The SMILES string of the molecule is CCOC(=O)c1cc2ccc(Br)cc2s1.O=Cc1ccc(Br)cc1F. The normalized spacial score (nSPS) is 10.1. The minimum atomic E-state index is -0.496. The quantitative estimate of drug-likeness (QED) is 0.324. The number of hydrogen-bond donors (Lipinski definition) is 0. The zero-order valence-corrected chi connectivity index (χ0v) is 17.1. The van der Waals surface area contributed by atoms with E-state index < -0.39 is 5.82 Å². The summed E-state index contributed by atoms with van der Waals surface area (Å²) in [5.74, 6) is -0.737. The van der Waals surface area contributed by atoms with E-state index in [1.807, 2.05) is 31.2 Å². The maximum absolute atomic E-state index is 12.6. The highest BCUT2D eigenvalue weighted by atomic mass is 79.9. The van der Waals surface area contributed by atoms with Gasteiger partial charge in [-0.05, 0) is 48.7 Å². The molecule has 3 aromatic rings. The van der Waals surface area contributed by atoms with Crippen LogP contribution in [-0.2, 0) is 4.74 Å². The molecule has 1 heterocycles. The first-order valence-corrected chi connectivity index (χ1v) is 9.61. The van der Waals surface area contributed by atoms with Crippen molar-refractivity contribution in [2.24, 2.45) is 0 Å². The van der Waals surface area contributed by atoms with E-state index in [1.54, 1.807) is 6.07 Å². The van der Waals surface area contributed by atoms with Crippen molar-refractivity contribution in [2.45, 2.75) is 6.92 Å². The van der Waals surface area contributed by atoms with Crippen LogP contribution in [0.25, 0.3) is 10.1 Å². The Labute approximate surface area is 165 Å². The second-order valence-corrected chi connectivity index (χ2v) is 7.71. The van der Waals surface area contributed by atoms with E-state index in [0.29, 0.717) is 22.2 Å². The number of aldehydes is 1. The van der Waals surface area contributed by atoms with Crippen LogP contribution < -0.4 is 0 Å². The van der Waals surface area contributed by atoms with E-state index in [1.165, 1.54) is 23.5 Å². The Kier molecular flexibility index (Phi) is 7.28. The highest BCUT2D eigenvalue weighted by Crippen LogP contribution is 2.28. The molecule has 0 N–H and O–H groups in total. The standard InChI is InChI=1S/C11H9BrO2S.C7H4BrFO/c1-2-14-11(13)10-5-7-3-4-8(12)6-9(7)15-10;8-6-2-1-5(4-10)7(9)3-6/h3-6H,2H2,1H3;1-4H. The van der Waals surface area contributed by atoms with Crippen molar-refractivity contribution in [3.05, 3.63) is 67.7 Å². The lowest BCUT2D eigenvalue weighted by molar-refractivity contribution is 0.0532. The number of ether oxygens (including phenoxy) is 1. The Morgan fingerprint density at radius 2 is 1.84 bits per heavy atom. The molecule has 7 heteroatoms. The van der Waals surface area contributed by atoms with Crippen LogP contribution in [0.15, 0.2) is 51.4 Å². The van der Waals surface area contributed by atoms with E-state index in [9.17, 15) is 14.0 Å². The molecular formula is C18H13Br2FO3S. The molecule has 0 aliphatic heterocycles. The van der Waals surface area contributed by atoms with Crippen molar-refractivity contribution < 1.29 is 18.7 Å². The molecular weight excluding hydrogens is 475 g/mol. The highest BCUT2D eigenvalue weighted by Gasteiger charge is 2.10. The number of esters is 1. The van der Waals surface area contributed by atoms with Gasteiger partial charge in [0.25, 0.3) is 0 Å². The summed E-state index contributed by atoms with van der Waals surface area (Å²) in [6, 6.07) is 12.1. The summed E-state index contributed by atoms with van der Waals surface area (Å²) in [6.45, 7) is 2.22. The number of benzene rings is 2. The third-order valence-corrected chi connectivity index (χ3v) is 5.11. The molecule has 0 saturated carbocycles. The van der Waals surface area contributed by atoms with Crippen LogP contribution in [0.4, 0.5) is 4.39 Å². The van der Waals surface area contributed by atoms with Gasteiger partial charge in [-0.25, -0.2) is 9.18 Å². The van der Waals surface area contributed by atoms with Crippen LogP contribution in [-0.4, -0.2) is 18.9 Å². The first-order chi connectivity index (χ1) is 11.9. The molecule has 1 aromatic heterocycles. The summed E-state index contributed by atoms with van der Waals surface area (Å²) < 4.78 is 20.3. The van der Waals surface area contributed by atoms with Crippen molar-refractivity contribution in [2.75, 3.05) is 6.61 Å². The van der Waals surface area contributed by atoms with E-state index in [0.717, 1.165) is 14.6 Å². The van der Waals surface area contributed by atoms with Crippen LogP contribution in [0.2, 0.25) is 0 Å². The summed E-state index contributed by atoms with van der Waals surface area (Å²) >= 11 is 7.92. The van der Waals surface area contributed by atoms with Crippen LogP contribution in [0.5, 0.6) is 0 Å². The smallest absolute Gasteiger partial charge is 0.348 e. The van der Waals surface area contributed by atoms with Crippen molar-refractivity contribution in [3.63, 3.8) is 0 Å². The van der Waals surface area contributed by atoms with Crippen LogP contribution in [0.1, 0.15) is 27.0 Å². The van der Waals surface area contributed by atoms with Gasteiger partial charge in [0.2, 0.25) is 0 Å². The van der Waals surface area contributed by atoms with Crippen LogP contribution in [0, 0.1) is 5.82 Å². The summed E-state index contributed by atoms with van der Waals surface area (Å²) in [5.41, 5.74) is 0.0863. The predicted octanol–water partition coefficient (Wildman–Crippen LogP) is 6.24. The van der Waals surface area contributed by atoms with Crippen molar-refractivity contribution >= 4 is 65.5 Å². The Morgan fingerprint density at radius 1 is 1.16 bits per heavy atom. The van der Waals surface area contributed by atoms with E-state index in [4.69, 9.17) is 4.74 Å². The fourth-order valence-electron chi connectivity index (χ4n) is 1.90. The van der Waals surface area contributed by atoms with E-state index >= 15 is 0 Å². The molecule has 130 valence electrons. The largest absolute Gasteiger partial charge is 0.462 e. The minimum Gasteiger partial charge on any atom is -0.462 e. The number of rotatable bonds is 3. The number of hydrogen-bond acceptors (Lipinski definition) is 4. The van der Waals surface area contributed by atoms with Gasteiger partial charge < -0.3 is 4.74 Å². The van der Waals surface area contributed by atoms with Crippen molar-refractivity contribution in [1.29, 1.82) is 0 Å². The molecule has 0 fully saturated rings. The number of carbonyl (C=O) groups excluding carboxylic acids is 2. The van der Waals surface area contributed by atoms with Crippen LogP contribution >= 0.6 is 43.2 Å². The molecule has 25 heavy (non-hydrogen) atoms. The molecule has 3 rings (SSSR count). The number of carbonyl (C=O) groups is 2. The molecule has 0 saturated heterocycles. The number of fused-ring (bicyclic) bond motifs is 1. The average molecular weight is 488 g/mol. The molecule has 0 aliphatic rings. The van der Waals surface area contributed by atoms with Gasteiger partial charge in [-0.3, -0.25) is 4.79 Å². The maximum Gasteiger partial charge on any atom is 0.348 e. The lowest BCUT2D eigenvalue weighted by Crippen LogP contribution is -2.01. The Bertz CT molecular complexity index is 908. The number of thiophene rings is 1. The predicted molar refractivity (Wildman–Crippen MR) is 105 cm³/mol. The summed E-state index contributed by atoms with van der Waals surface area (Å²) in [7, 11) is 0. The number of halogens is 3. The molecule has 0 aliphatic carbocycles. The fraction of sp³-hybridized carbons (Fsp3) is 0.111. The van der Waals surface area contributed by atoms with Gasteiger partial charge in [0.05, 0.1) is 12.2 Å². The minimum absolute atomic E-state index is 0.0863. The lowest BCUT2D eigenvalue weighted by Gasteiger charge is -1.95. The summed E-state index contributed by atoms with van der Waals surface area (Å²) in [5, 5.41) is 1.08. The topological polar surface area (TPSA) is 43.4 Å². The molecule has 0 radical (unpaired) electrons. The molecule has 0 atom stereocenters. The van der Waals surface area contributed by atoms with Gasteiger partial charge in [-0.1, -0.05) is 37.9 Å². The molecule has 0 unspecified atom stereocenters. The monoisotopic (exact) mass is 486 g/mol. The summed E-state index contributed by atoms with van der Waals surface area (Å²) in [6.07, 6.45) is 0.488. The molecule has 2 aromatic carbocycles. The van der Waals surface area contributed by atoms with Crippen molar-refractivity contribution in [3.8, 4) is 0 Å². The second kappa shape index (κ2) is 9.22. The average Bonchev–Trinajstić information content (AvgIpc) is 2.99. The summed E-state index contributed by atoms with van der Waals surface area (Å²) in [4.78, 5) is 22.2. The first-order valence-electron chi connectivity index (χ1n) is 7.21. The third kappa shape index (κ3) is 5.45.